The van der Waals surface area contributed by atoms with Crippen molar-refractivity contribution in [1.29, 1.82) is 0 Å². The van der Waals surface area contributed by atoms with Crippen molar-refractivity contribution in [2.45, 2.75) is 52.3 Å². The molecule has 0 bridgehead atoms. The number of aromatic nitrogens is 5. The van der Waals surface area contributed by atoms with E-state index in [1.807, 2.05) is 24.9 Å². The van der Waals surface area contributed by atoms with Gasteiger partial charge in [0.1, 0.15) is 11.3 Å². The van der Waals surface area contributed by atoms with Crippen LogP contribution in [0.2, 0.25) is 0 Å². The van der Waals surface area contributed by atoms with Gasteiger partial charge in [0, 0.05) is 44.0 Å². The van der Waals surface area contributed by atoms with Gasteiger partial charge in [-0.05, 0) is 34.1 Å². The lowest BCUT2D eigenvalue weighted by molar-refractivity contribution is 0.0408. The number of aliphatic hydroxyl groups is 1. The number of nitrogens with zero attached hydrogens (tertiary/aromatic N) is 6. The zero-order valence-electron chi connectivity index (χ0n) is 14.6. The maximum atomic E-state index is 11.0. The number of likely N-dealkylation sites (tertiary alicyclic amines) is 1. The van der Waals surface area contributed by atoms with Gasteiger partial charge in [0.05, 0.1) is 11.9 Å². The molecule has 1 aliphatic rings. The first-order chi connectivity index (χ1) is 10.8. The Kier molecular flexibility index (Phi) is 4.01. The molecule has 126 valence electrons. The second kappa shape index (κ2) is 5.72. The Bertz CT molecular complexity index is 703. The first-order valence-corrected chi connectivity index (χ1v) is 8.16. The molecular weight excluding hydrogens is 292 g/mol. The number of aryl methyl sites for hydroxylation is 2. The van der Waals surface area contributed by atoms with E-state index >= 15 is 0 Å². The van der Waals surface area contributed by atoms with Gasteiger partial charge in [-0.25, -0.2) is 4.68 Å². The van der Waals surface area contributed by atoms with Gasteiger partial charge in [0.25, 0.3) is 0 Å². The van der Waals surface area contributed by atoms with Gasteiger partial charge in [-0.2, -0.15) is 5.10 Å². The quantitative estimate of drug-likeness (QED) is 0.920. The fourth-order valence-electron chi connectivity index (χ4n) is 3.23. The molecule has 0 saturated carbocycles. The molecule has 7 heteroatoms. The van der Waals surface area contributed by atoms with E-state index in [1.165, 1.54) is 11.3 Å². The standard InChI is InChI=1S/C16H26N6O/c1-11(2)22-9-15(17-19-22)16(23)6-7-21(10-16)8-14-12(3)18-20(5)13(14)4/h9,11,23H,6-8,10H2,1-5H3/t16-/m0/s1. The highest BCUT2D eigenvalue weighted by molar-refractivity contribution is 5.24. The minimum Gasteiger partial charge on any atom is -0.382 e. The van der Waals surface area contributed by atoms with Gasteiger partial charge in [0.15, 0.2) is 0 Å². The van der Waals surface area contributed by atoms with Crippen LogP contribution < -0.4 is 0 Å². The highest BCUT2D eigenvalue weighted by Gasteiger charge is 2.40. The van der Waals surface area contributed by atoms with Crippen molar-refractivity contribution in [3.8, 4) is 0 Å². The summed E-state index contributed by atoms with van der Waals surface area (Å²) in [6, 6.07) is 0.248. The molecule has 0 radical (unpaired) electrons. The van der Waals surface area contributed by atoms with E-state index in [9.17, 15) is 5.11 Å². The smallest absolute Gasteiger partial charge is 0.124 e. The molecule has 0 spiro atoms. The Morgan fingerprint density at radius 1 is 1.35 bits per heavy atom. The molecule has 3 rings (SSSR count). The van der Waals surface area contributed by atoms with Crippen LogP contribution in [0.5, 0.6) is 0 Å². The van der Waals surface area contributed by atoms with E-state index in [1.54, 1.807) is 4.68 Å². The van der Waals surface area contributed by atoms with Crippen molar-refractivity contribution >= 4 is 0 Å². The largest absolute Gasteiger partial charge is 0.382 e. The number of hydrogen-bond donors (Lipinski definition) is 1. The van der Waals surface area contributed by atoms with Crippen LogP contribution in [0, 0.1) is 13.8 Å². The summed E-state index contributed by atoms with van der Waals surface area (Å²) in [4.78, 5) is 2.27. The maximum Gasteiger partial charge on any atom is 0.124 e. The molecule has 1 saturated heterocycles. The van der Waals surface area contributed by atoms with Crippen LogP contribution in [-0.4, -0.2) is 47.9 Å². The van der Waals surface area contributed by atoms with E-state index < -0.39 is 5.60 Å². The molecule has 1 fully saturated rings. The summed E-state index contributed by atoms with van der Waals surface area (Å²) in [5.41, 5.74) is 3.27. The minimum absolute atomic E-state index is 0.248. The van der Waals surface area contributed by atoms with Crippen molar-refractivity contribution in [3.63, 3.8) is 0 Å². The van der Waals surface area contributed by atoms with Crippen LogP contribution in [0.25, 0.3) is 0 Å². The Morgan fingerprint density at radius 2 is 2.09 bits per heavy atom. The van der Waals surface area contributed by atoms with E-state index in [4.69, 9.17) is 0 Å². The highest BCUT2D eigenvalue weighted by Crippen LogP contribution is 2.32. The van der Waals surface area contributed by atoms with Crippen molar-refractivity contribution in [3.05, 3.63) is 28.8 Å². The summed E-state index contributed by atoms with van der Waals surface area (Å²) in [5.74, 6) is 0. The van der Waals surface area contributed by atoms with Crippen molar-refractivity contribution in [1.82, 2.24) is 29.7 Å². The molecule has 1 atom stereocenters. The predicted octanol–water partition coefficient (Wildman–Crippen LogP) is 1.30. The van der Waals surface area contributed by atoms with Crippen LogP contribution in [0.3, 0.4) is 0 Å². The van der Waals surface area contributed by atoms with Gasteiger partial charge >= 0.3 is 0 Å². The first-order valence-electron chi connectivity index (χ1n) is 8.16. The third-order valence-electron chi connectivity index (χ3n) is 4.88. The van der Waals surface area contributed by atoms with Crippen molar-refractivity contribution in [2.24, 2.45) is 7.05 Å². The summed E-state index contributed by atoms with van der Waals surface area (Å²) in [5, 5.41) is 23.8. The molecule has 2 aromatic heterocycles. The summed E-state index contributed by atoms with van der Waals surface area (Å²) in [6.45, 7) is 10.5. The molecule has 3 heterocycles. The van der Waals surface area contributed by atoms with E-state index in [0.29, 0.717) is 18.7 Å². The summed E-state index contributed by atoms with van der Waals surface area (Å²) >= 11 is 0. The van der Waals surface area contributed by atoms with E-state index in [-0.39, 0.29) is 6.04 Å². The van der Waals surface area contributed by atoms with E-state index in [0.717, 1.165) is 18.8 Å². The molecule has 7 nitrogen and oxygen atoms in total. The van der Waals surface area contributed by atoms with Crippen LogP contribution >= 0.6 is 0 Å². The van der Waals surface area contributed by atoms with E-state index in [2.05, 4.69) is 41.1 Å². The van der Waals surface area contributed by atoms with Gasteiger partial charge in [-0.15, -0.1) is 5.10 Å². The second-order valence-electron chi connectivity index (χ2n) is 6.94. The molecule has 1 N–H and O–H groups in total. The lowest BCUT2D eigenvalue weighted by atomic mass is 10.00. The zero-order valence-corrected chi connectivity index (χ0v) is 14.6. The Morgan fingerprint density at radius 3 is 2.65 bits per heavy atom. The van der Waals surface area contributed by atoms with Crippen LogP contribution in [-0.2, 0) is 19.2 Å². The van der Waals surface area contributed by atoms with Crippen molar-refractivity contribution in [2.75, 3.05) is 13.1 Å². The average Bonchev–Trinajstić information content (AvgIpc) is 3.16. The molecule has 1 aliphatic heterocycles. The SMILES string of the molecule is Cc1nn(C)c(C)c1CN1CC[C@@](O)(c2cn(C(C)C)nn2)C1. The summed E-state index contributed by atoms with van der Waals surface area (Å²) in [6.07, 6.45) is 2.55. The van der Waals surface area contributed by atoms with Crippen LogP contribution in [0.4, 0.5) is 0 Å². The average molecular weight is 318 g/mol. The van der Waals surface area contributed by atoms with Crippen LogP contribution in [0.1, 0.15) is 49.0 Å². The van der Waals surface area contributed by atoms with Crippen molar-refractivity contribution < 1.29 is 5.11 Å². The highest BCUT2D eigenvalue weighted by atomic mass is 16.3. The Balaban J connectivity index is 1.74. The minimum atomic E-state index is -0.906. The number of β-amino-alcohol motifs (C(OH)–C–C–N with tert-alkyl or cyclic N) is 1. The molecule has 2 aromatic rings. The topological polar surface area (TPSA) is 72.0 Å². The Hall–Kier alpha value is -1.73. The molecule has 0 aromatic carbocycles. The summed E-state index contributed by atoms with van der Waals surface area (Å²) in [7, 11) is 1.97. The molecule has 0 amide bonds. The lowest BCUT2D eigenvalue weighted by Gasteiger charge is -2.21. The van der Waals surface area contributed by atoms with Gasteiger partial charge in [0.2, 0.25) is 0 Å². The first kappa shape index (κ1) is 16.1. The molecular formula is C16H26N6O. The van der Waals surface area contributed by atoms with Gasteiger partial charge in [-0.1, -0.05) is 5.21 Å². The van der Waals surface area contributed by atoms with Crippen LogP contribution in [0.15, 0.2) is 6.20 Å². The third kappa shape index (κ3) is 2.90. The Labute approximate surface area is 136 Å². The normalized spacial score (nSPS) is 22.4. The molecule has 0 aliphatic carbocycles. The molecule has 0 unspecified atom stereocenters. The molecule has 23 heavy (non-hydrogen) atoms. The number of rotatable bonds is 4. The monoisotopic (exact) mass is 318 g/mol. The predicted molar refractivity (Wildman–Crippen MR) is 86.9 cm³/mol. The fourth-order valence-corrected chi connectivity index (χ4v) is 3.23. The maximum absolute atomic E-state index is 11.0. The third-order valence-corrected chi connectivity index (χ3v) is 4.88. The second-order valence-corrected chi connectivity index (χ2v) is 6.94. The van der Waals surface area contributed by atoms with Gasteiger partial charge in [-0.3, -0.25) is 9.58 Å². The lowest BCUT2D eigenvalue weighted by Crippen LogP contribution is -2.31. The van der Waals surface area contributed by atoms with Gasteiger partial charge < -0.3 is 5.11 Å². The fraction of sp³-hybridized carbons (Fsp3) is 0.688. The zero-order chi connectivity index (χ0) is 16.8. The number of hydrogen-bond acceptors (Lipinski definition) is 5. The summed E-state index contributed by atoms with van der Waals surface area (Å²) < 4.78 is 3.71.